The molecule has 0 fully saturated rings. The van der Waals surface area contributed by atoms with Gasteiger partial charge in [-0.05, 0) is 44.0 Å². The van der Waals surface area contributed by atoms with Crippen molar-refractivity contribution >= 4 is 11.8 Å². The fourth-order valence-corrected chi connectivity index (χ4v) is 2.81. The van der Waals surface area contributed by atoms with E-state index in [1.807, 2.05) is 61.5 Å². The van der Waals surface area contributed by atoms with E-state index in [2.05, 4.69) is 20.9 Å². The lowest BCUT2D eigenvalue weighted by atomic mass is 10.2. The smallest absolute Gasteiger partial charge is 0.274 e. The molecule has 7 heteroatoms. The van der Waals surface area contributed by atoms with E-state index in [1.165, 1.54) is 0 Å². The van der Waals surface area contributed by atoms with Crippen molar-refractivity contribution < 1.29 is 9.59 Å². The minimum atomic E-state index is -0.695. The van der Waals surface area contributed by atoms with Gasteiger partial charge in [0.1, 0.15) is 6.04 Å². The number of benzene rings is 2. The number of rotatable bonds is 6. The number of carbonyl (C=O) groups is 2. The van der Waals surface area contributed by atoms with Crippen LogP contribution < -0.4 is 10.6 Å². The minimum Gasteiger partial charge on any atom is -0.350 e. The highest BCUT2D eigenvalue weighted by atomic mass is 16.2. The number of nitrogens with one attached hydrogen (secondary N) is 2. The molecule has 1 aromatic heterocycles. The fourth-order valence-electron chi connectivity index (χ4n) is 2.81. The maximum Gasteiger partial charge on any atom is 0.274 e. The van der Waals surface area contributed by atoms with Crippen LogP contribution in [0.5, 0.6) is 0 Å². The maximum absolute atomic E-state index is 12.6. The molecule has 0 saturated heterocycles. The summed E-state index contributed by atoms with van der Waals surface area (Å²) in [6, 6.07) is 16.7. The van der Waals surface area contributed by atoms with E-state index in [0.29, 0.717) is 12.2 Å². The lowest BCUT2D eigenvalue weighted by Gasteiger charge is -2.13. The highest BCUT2D eigenvalue weighted by Crippen LogP contribution is 2.13. The van der Waals surface area contributed by atoms with E-state index in [0.717, 1.165) is 16.8 Å². The van der Waals surface area contributed by atoms with Gasteiger partial charge in [-0.2, -0.15) is 0 Å². The van der Waals surface area contributed by atoms with Crippen LogP contribution >= 0.6 is 0 Å². The zero-order valence-corrected chi connectivity index (χ0v) is 16.1. The summed E-state index contributed by atoms with van der Waals surface area (Å²) in [6.45, 7) is 5.80. The molecule has 144 valence electrons. The zero-order chi connectivity index (χ0) is 20.1. The van der Waals surface area contributed by atoms with E-state index in [9.17, 15) is 9.59 Å². The Morgan fingerprint density at radius 3 is 2.54 bits per heavy atom. The topological polar surface area (TPSA) is 88.9 Å². The summed E-state index contributed by atoms with van der Waals surface area (Å²) in [5.41, 5.74) is 3.72. The molecule has 0 saturated carbocycles. The summed E-state index contributed by atoms with van der Waals surface area (Å²) >= 11 is 0. The molecule has 1 atom stereocenters. The molecule has 0 aliphatic rings. The van der Waals surface area contributed by atoms with Crippen molar-refractivity contribution in [1.82, 2.24) is 25.6 Å². The maximum atomic E-state index is 12.6. The fraction of sp³-hybridized carbons (Fsp3) is 0.238. The highest BCUT2D eigenvalue weighted by Gasteiger charge is 2.21. The van der Waals surface area contributed by atoms with Crippen molar-refractivity contribution in [3.63, 3.8) is 0 Å². The van der Waals surface area contributed by atoms with Gasteiger partial charge in [0.25, 0.3) is 5.91 Å². The van der Waals surface area contributed by atoms with Crippen LogP contribution in [0.25, 0.3) is 5.69 Å². The molecule has 2 amide bonds. The third-order valence-corrected chi connectivity index (χ3v) is 4.41. The Hall–Kier alpha value is -3.48. The Balaban J connectivity index is 1.63. The molecule has 0 aliphatic carbocycles. The molecule has 2 N–H and O–H groups in total. The summed E-state index contributed by atoms with van der Waals surface area (Å²) in [5.74, 6) is -0.695. The predicted molar refractivity (Wildman–Crippen MR) is 106 cm³/mol. The summed E-state index contributed by atoms with van der Waals surface area (Å²) in [4.78, 5) is 24.8. The molecular formula is C21H23N5O2. The number of aryl methyl sites for hydroxylation is 1. The number of aromatic nitrogens is 3. The quantitative estimate of drug-likeness (QED) is 0.690. The molecule has 0 spiro atoms. The van der Waals surface area contributed by atoms with Crippen LogP contribution in [0.2, 0.25) is 0 Å². The van der Waals surface area contributed by atoms with E-state index in [-0.39, 0.29) is 11.6 Å². The molecule has 0 radical (unpaired) electrons. The van der Waals surface area contributed by atoms with Gasteiger partial charge in [0.2, 0.25) is 5.91 Å². The van der Waals surface area contributed by atoms with E-state index in [1.54, 1.807) is 18.5 Å². The van der Waals surface area contributed by atoms with E-state index in [4.69, 9.17) is 0 Å². The third-order valence-electron chi connectivity index (χ3n) is 4.41. The van der Waals surface area contributed by atoms with Crippen molar-refractivity contribution in [2.45, 2.75) is 33.4 Å². The van der Waals surface area contributed by atoms with Gasteiger partial charge >= 0.3 is 0 Å². The van der Waals surface area contributed by atoms with Crippen molar-refractivity contribution in [1.29, 1.82) is 0 Å². The van der Waals surface area contributed by atoms with E-state index >= 15 is 0 Å². The first-order valence-electron chi connectivity index (χ1n) is 9.07. The second kappa shape index (κ2) is 8.47. The second-order valence-corrected chi connectivity index (χ2v) is 6.67. The van der Waals surface area contributed by atoms with Crippen LogP contribution in [0.3, 0.4) is 0 Å². The van der Waals surface area contributed by atoms with Crippen molar-refractivity contribution in [2.24, 2.45) is 0 Å². The van der Waals surface area contributed by atoms with Gasteiger partial charge in [-0.3, -0.25) is 9.59 Å². The van der Waals surface area contributed by atoms with Crippen molar-refractivity contribution in [2.75, 3.05) is 0 Å². The Labute approximate surface area is 163 Å². The molecule has 7 nitrogen and oxygen atoms in total. The summed E-state index contributed by atoms with van der Waals surface area (Å²) in [5, 5.41) is 13.6. The molecule has 28 heavy (non-hydrogen) atoms. The standard InChI is InChI=1S/C21H23N5O2/c1-14-8-7-11-18(12-14)26-16(3)19(24-25-26)21(28)23-15(2)20(27)22-13-17-9-5-4-6-10-17/h4-12,15H,13H2,1-3H3,(H,22,27)(H,23,28). The van der Waals surface area contributed by atoms with Gasteiger partial charge < -0.3 is 10.6 Å². The number of amides is 2. The summed E-state index contributed by atoms with van der Waals surface area (Å²) in [7, 11) is 0. The van der Waals surface area contributed by atoms with Crippen molar-refractivity contribution in [3.8, 4) is 5.69 Å². The van der Waals surface area contributed by atoms with Crippen LogP contribution in [0.15, 0.2) is 54.6 Å². The molecule has 1 unspecified atom stereocenters. The Bertz CT molecular complexity index is 981. The number of nitrogens with zero attached hydrogens (tertiary/aromatic N) is 3. The predicted octanol–water partition coefficient (Wildman–Crippen LogP) is 2.32. The molecular weight excluding hydrogens is 354 g/mol. The Kier molecular flexibility index (Phi) is 5.84. The average Bonchev–Trinajstić information content (AvgIpc) is 3.08. The summed E-state index contributed by atoms with van der Waals surface area (Å²) in [6.07, 6.45) is 0. The molecule has 2 aromatic carbocycles. The largest absolute Gasteiger partial charge is 0.350 e. The third kappa shape index (κ3) is 4.43. The van der Waals surface area contributed by atoms with Gasteiger partial charge in [-0.15, -0.1) is 5.10 Å². The van der Waals surface area contributed by atoms with Gasteiger partial charge in [0, 0.05) is 6.54 Å². The first-order chi connectivity index (χ1) is 13.5. The minimum absolute atomic E-state index is 0.198. The molecule has 0 bridgehead atoms. The van der Waals surface area contributed by atoms with Gasteiger partial charge in [-0.1, -0.05) is 47.7 Å². The zero-order valence-electron chi connectivity index (χ0n) is 16.1. The Morgan fingerprint density at radius 2 is 1.82 bits per heavy atom. The lowest BCUT2D eigenvalue weighted by Crippen LogP contribution is -2.44. The SMILES string of the molecule is Cc1cccc(-n2nnc(C(=O)NC(C)C(=O)NCc3ccccc3)c2C)c1. The van der Waals surface area contributed by atoms with Crippen LogP contribution in [0.4, 0.5) is 0 Å². The second-order valence-electron chi connectivity index (χ2n) is 6.67. The Morgan fingerprint density at radius 1 is 1.07 bits per heavy atom. The molecule has 3 aromatic rings. The van der Waals surface area contributed by atoms with Gasteiger partial charge in [0.15, 0.2) is 5.69 Å². The number of hydrogen-bond acceptors (Lipinski definition) is 4. The number of hydrogen-bond donors (Lipinski definition) is 2. The van der Waals surface area contributed by atoms with Crippen LogP contribution in [-0.4, -0.2) is 32.9 Å². The monoisotopic (exact) mass is 377 g/mol. The van der Waals surface area contributed by atoms with Crippen LogP contribution in [-0.2, 0) is 11.3 Å². The van der Waals surface area contributed by atoms with Crippen LogP contribution in [0, 0.1) is 13.8 Å². The number of carbonyl (C=O) groups excluding carboxylic acids is 2. The normalized spacial score (nSPS) is 11.7. The summed E-state index contributed by atoms with van der Waals surface area (Å²) < 4.78 is 1.61. The molecule has 3 rings (SSSR count). The van der Waals surface area contributed by atoms with Crippen LogP contribution in [0.1, 0.15) is 34.2 Å². The first-order valence-corrected chi connectivity index (χ1v) is 9.07. The lowest BCUT2D eigenvalue weighted by molar-refractivity contribution is -0.122. The van der Waals surface area contributed by atoms with Gasteiger partial charge in [0.05, 0.1) is 11.4 Å². The van der Waals surface area contributed by atoms with E-state index < -0.39 is 11.9 Å². The average molecular weight is 377 g/mol. The molecule has 0 aliphatic heterocycles. The molecule has 1 heterocycles. The highest BCUT2D eigenvalue weighted by molar-refractivity contribution is 5.96. The van der Waals surface area contributed by atoms with Crippen molar-refractivity contribution in [3.05, 3.63) is 77.1 Å². The van der Waals surface area contributed by atoms with Gasteiger partial charge in [-0.25, -0.2) is 4.68 Å². The first kappa shape index (κ1) is 19.3.